The van der Waals surface area contributed by atoms with Crippen molar-refractivity contribution >= 4 is 6.08 Å². The quantitative estimate of drug-likeness (QED) is 0.427. The van der Waals surface area contributed by atoms with Gasteiger partial charge in [-0.25, -0.2) is 0 Å². The van der Waals surface area contributed by atoms with Crippen LogP contribution in [0.2, 0.25) is 0 Å². The highest BCUT2D eigenvalue weighted by atomic mass is 14.3. The van der Waals surface area contributed by atoms with E-state index in [1.165, 1.54) is 44.5 Å². The molecule has 1 aliphatic carbocycles. The second kappa shape index (κ2) is 7.67. The first-order valence-electron chi connectivity index (χ1n) is 10.7. The van der Waals surface area contributed by atoms with Gasteiger partial charge in [0.25, 0.3) is 0 Å². The minimum absolute atomic E-state index is 0.0722. The van der Waals surface area contributed by atoms with Gasteiger partial charge in [-0.15, -0.1) is 0 Å². The third-order valence-corrected chi connectivity index (χ3v) is 5.68. The molecule has 0 amide bonds. The Hall–Kier alpha value is -2.60. The zero-order chi connectivity index (χ0) is 20.6. The van der Waals surface area contributed by atoms with E-state index in [9.17, 15) is 0 Å². The predicted molar refractivity (Wildman–Crippen MR) is 127 cm³/mol. The fraction of sp³-hybridized carbons (Fsp3) is 0.276. The Bertz CT molecular complexity index is 1040. The number of rotatable bonds is 4. The zero-order valence-electron chi connectivity index (χ0n) is 18.3. The molecule has 0 spiro atoms. The molecule has 0 unspecified atom stereocenters. The van der Waals surface area contributed by atoms with Crippen molar-refractivity contribution in [2.45, 2.75) is 46.5 Å². The minimum atomic E-state index is 0.0722. The number of fused-ring (bicyclic) bond motifs is 1. The fourth-order valence-electron chi connectivity index (χ4n) is 4.42. The van der Waals surface area contributed by atoms with Crippen molar-refractivity contribution in [3.05, 3.63) is 95.4 Å². The van der Waals surface area contributed by atoms with E-state index in [0.717, 1.165) is 6.42 Å². The molecule has 0 atom stereocenters. The van der Waals surface area contributed by atoms with Crippen LogP contribution in [-0.4, -0.2) is 0 Å². The summed E-state index contributed by atoms with van der Waals surface area (Å²) in [5.41, 5.74) is 11.0. The summed E-state index contributed by atoms with van der Waals surface area (Å²) in [4.78, 5) is 0. The first-order valence-corrected chi connectivity index (χ1v) is 10.7. The van der Waals surface area contributed by atoms with Gasteiger partial charge in [-0.1, -0.05) is 113 Å². The van der Waals surface area contributed by atoms with Crippen LogP contribution in [0.5, 0.6) is 0 Å². The Morgan fingerprint density at radius 2 is 1.41 bits per heavy atom. The van der Waals surface area contributed by atoms with Crippen LogP contribution in [0.4, 0.5) is 0 Å². The van der Waals surface area contributed by atoms with Gasteiger partial charge in [0.2, 0.25) is 0 Å². The highest BCUT2D eigenvalue weighted by Crippen LogP contribution is 2.45. The van der Waals surface area contributed by atoms with E-state index in [1.807, 2.05) is 0 Å². The Labute approximate surface area is 176 Å². The van der Waals surface area contributed by atoms with Crippen molar-refractivity contribution in [2.75, 3.05) is 0 Å². The van der Waals surface area contributed by atoms with Gasteiger partial charge in [-0.3, -0.25) is 0 Å². The second-order valence-electron chi connectivity index (χ2n) is 9.61. The summed E-state index contributed by atoms with van der Waals surface area (Å²) in [5, 5.41) is 0. The molecule has 0 aromatic heterocycles. The van der Waals surface area contributed by atoms with Crippen LogP contribution < -0.4 is 0 Å². The molecule has 3 aromatic rings. The minimum Gasteiger partial charge on any atom is -0.0625 e. The molecule has 0 bridgehead atoms. The van der Waals surface area contributed by atoms with Crippen molar-refractivity contribution in [2.24, 2.45) is 5.92 Å². The van der Waals surface area contributed by atoms with E-state index >= 15 is 0 Å². The standard InChI is InChI=1S/C29H31/c1-20(2)17-21-18-23-15-16-27(29(3,4)5)28(26(23)19-21)25-14-10-9-13-24(25)22-11-7-6-8-12-22/h6-16,18-20H,17H2,1-5H3. The molecule has 3 aromatic carbocycles. The van der Waals surface area contributed by atoms with Crippen molar-refractivity contribution < 1.29 is 0 Å². The summed E-state index contributed by atoms with van der Waals surface area (Å²) in [7, 11) is 0. The molecule has 4 rings (SSSR count). The van der Waals surface area contributed by atoms with Crippen molar-refractivity contribution in [3.8, 4) is 22.3 Å². The third-order valence-electron chi connectivity index (χ3n) is 5.68. The summed E-state index contributed by atoms with van der Waals surface area (Å²) >= 11 is 0. The molecular weight excluding hydrogens is 348 g/mol. The Morgan fingerprint density at radius 3 is 2.07 bits per heavy atom. The number of hydrogen-bond donors (Lipinski definition) is 0. The maximum atomic E-state index is 2.43. The molecule has 0 nitrogen and oxygen atoms in total. The largest absolute Gasteiger partial charge is 0.0625 e. The molecule has 1 radical (unpaired) electrons. The van der Waals surface area contributed by atoms with Gasteiger partial charge in [-0.2, -0.15) is 0 Å². The van der Waals surface area contributed by atoms with Crippen LogP contribution in [0.25, 0.3) is 28.3 Å². The molecule has 0 saturated carbocycles. The van der Waals surface area contributed by atoms with Gasteiger partial charge in [0.15, 0.2) is 0 Å². The average molecular weight is 380 g/mol. The zero-order valence-corrected chi connectivity index (χ0v) is 18.3. The summed E-state index contributed by atoms with van der Waals surface area (Å²) in [6.45, 7) is 11.6. The lowest BCUT2D eigenvalue weighted by Gasteiger charge is -2.26. The third kappa shape index (κ3) is 3.94. The van der Waals surface area contributed by atoms with Crippen molar-refractivity contribution in [1.29, 1.82) is 0 Å². The smallest absolute Gasteiger partial charge is 0.0164 e. The van der Waals surface area contributed by atoms with Gasteiger partial charge >= 0.3 is 0 Å². The second-order valence-corrected chi connectivity index (χ2v) is 9.61. The van der Waals surface area contributed by atoms with Crippen LogP contribution in [0.3, 0.4) is 0 Å². The van der Waals surface area contributed by atoms with Crippen LogP contribution in [0.1, 0.15) is 57.7 Å². The lowest BCUT2D eigenvalue weighted by molar-refractivity contribution is 0.592. The predicted octanol–water partition coefficient (Wildman–Crippen LogP) is 8.31. The average Bonchev–Trinajstić information content (AvgIpc) is 3.09. The van der Waals surface area contributed by atoms with Crippen LogP contribution in [-0.2, 0) is 5.41 Å². The summed E-state index contributed by atoms with van der Waals surface area (Å²) in [6.07, 6.45) is 5.94. The molecule has 0 fully saturated rings. The van der Waals surface area contributed by atoms with E-state index in [1.54, 1.807) is 0 Å². The van der Waals surface area contributed by atoms with Gasteiger partial charge in [0, 0.05) is 6.42 Å². The lowest BCUT2D eigenvalue weighted by Crippen LogP contribution is -2.14. The lowest BCUT2D eigenvalue weighted by atomic mass is 9.78. The fourth-order valence-corrected chi connectivity index (χ4v) is 4.42. The van der Waals surface area contributed by atoms with Crippen molar-refractivity contribution in [3.63, 3.8) is 0 Å². The number of allylic oxidation sites excluding steroid dienone is 1. The van der Waals surface area contributed by atoms with E-state index in [0.29, 0.717) is 5.92 Å². The van der Waals surface area contributed by atoms with Crippen LogP contribution in [0, 0.1) is 12.3 Å². The van der Waals surface area contributed by atoms with Crippen LogP contribution >= 0.6 is 0 Å². The monoisotopic (exact) mass is 379 g/mol. The Kier molecular flexibility index (Phi) is 5.21. The molecule has 0 aliphatic heterocycles. The first-order chi connectivity index (χ1) is 13.8. The molecule has 0 heteroatoms. The normalized spacial score (nSPS) is 13.5. The SMILES string of the molecule is CC(C)CC1=Cc2c(ccc(C(C)(C)C)c2-c2ccccc2-c2ccccc2)[CH]1. The Morgan fingerprint density at radius 1 is 0.759 bits per heavy atom. The highest BCUT2D eigenvalue weighted by molar-refractivity contribution is 5.92. The van der Waals surface area contributed by atoms with Gasteiger partial charge in [-0.05, 0) is 56.7 Å². The summed E-state index contributed by atoms with van der Waals surface area (Å²) in [5.74, 6) is 0.661. The molecule has 0 N–H and O–H groups in total. The highest BCUT2D eigenvalue weighted by Gasteiger charge is 2.26. The van der Waals surface area contributed by atoms with Crippen molar-refractivity contribution in [1.82, 2.24) is 0 Å². The molecule has 0 heterocycles. The number of benzene rings is 3. The van der Waals surface area contributed by atoms with Crippen LogP contribution in [0.15, 0.2) is 72.3 Å². The maximum Gasteiger partial charge on any atom is 0.0164 e. The molecule has 0 saturated heterocycles. The van der Waals surface area contributed by atoms with E-state index in [-0.39, 0.29) is 5.41 Å². The summed E-state index contributed by atoms with van der Waals surface area (Å²) in [6, 6.07) is 24.3. The molecule has 1 aliphatic rings. The van der Waals surface area contributed by atoms with Gasteiger partial charge < -0.3 is 0 Å². The van der Waals surface area contributed by atoms with Gasteiger partial charge in [0.1, 0.15) is 0 Å². The maximum absolute atomic E-state index is 2.43. The van der Waals surface area contributed by atoms with E-state index in [2.05, 4.69) is 114 Å². The Balaban J connectivity index is 1.98. The topological polar surface area (TPSA) is 0 Å². The molecule has 29 heavy (non-hydrogen) atoms. The molecule has 147 valence electrons. The molecular formula is C29H31. The number of hydrogen-bond acceptors (Lipinski definition) is 0. The van der Waals surface area contributed by atoms with E-state index in [4.69, 9.17) is 0 Å². The van der Waals surface area contributed by atoms with Gasteiger partial charge in [0.05, 0.1) is 0 Å². The summed E-state index contributed by atoms with van der Waals surface area (Å²) < 4.78 is 0. The van der Waals surface area contributed by atoms with E-state index < -0.39 is 0 Å². The first kappa shape index (κ1) is 19.7.